The molecule has 63 heavy (non-hydrogen) atoms. The lowest BCUT2D eigenvalue weighted by Gasteiger charge is -2.39. The fraction of sp³-hybridized carbons (Fsp3) is 0.375. The van der Waals surface area contributed by atoms with Crippen LogP contribution >= 0.6 is 56.7 Å². The van der Waals surface area contributed by atoms with Gasteiger partial charge in [-0.2, -0.15) is 114 Å². The van der Waals surface area contributed by atoms with E-state index in [-0.39, 0.29) is 31.6 Å². The second-order valence-electron chi connectivity index (χ2n) is 12.6. The summed E-state index contributed by atoms with van der Waals surface area (Å²) >= 11 is 1.35. The third-order valence-corrected chi connectivity index (χ3v) is 14.8. The van der Waals surface area contributed by atoms with Gasteiger partial charge in [-0.05, 0) is 60.7 Å². The Hall–Kier alpha value is -3.32. The van der Waals surface area contributed by atoms with Crippen LogP contribution in [0.25, 0.3) is 39.0 Å². The van der Waals surface area contributed by atoms with Crippen molar-refractivity contribution in [2.45, 2.75) is 71.6 Å². The Kier molecular flexibility index (Phi) is 12.2. The lowest BCUT2D eigenvalue weighted by atomic mass is 9.93. The molecule has 5 aromatic heterocycles. The van der Waals surface area contributed by atoms with Crippen LogP contribution in [0.1, 0.15) is 9.75 Å². The highest BCUT2D eigenvalue weighted by Gasteiger charge is 2.92. The van der Waals surface area contributed by atoms with Crippen molar-refractivity contribution in [3.05, 3.63) is 70.4 Å². The molecular formula is C32H10F26S5. The molecular weight excluding hydrogens is 1040 g/mol. The monoisotopic (exact) mass is 1050 g/mol. The van der Waals surface area contributed by atoms with Crippen molar-refractivity contribution in [3.63, 3.8) is 0 Å². The van der Waals surface area contributed by atoms with Crippen LogP contribution in [0.5, 0.6) is 0 Å². The predicted octanol–water partition coefficient (Wildman–Crippen LogP) is 17.1. The van der Waals surface area contributed by atoms with E-state index in [9.17, 15) is 114 Å². The summed E-state index contributed by atoms with van der Waals surface area (Å²) in [4.78, 5) is -4.39. The van der Waals surface area contributed by atoms with Gasteiger partial charge in [-0.15, -0.1) is 56.7 Å². The molecule has 0 aromatic carbocycles. The van der Waals surface area contributed by atoms with Gasteiger partial charge in [0, 0.05) is 39.0 Å². The van der Waals surface area contributed by atoms with Gasteiger partial charge >= 0.3 is 71.6 Å². The van der Waals surface area contributed by atoms with E-state index in [0.717, 1.165) is 23.5 Å². The summed E-state index contributed by atoms with van der Waals surface area (Å²) < 4.78 is 354. The van der Waals surface area contributed by atoms with Crippen LogP contribution in [0, 0.1) is 0 Å². The molecule has 5 heterocycles. The maximum atomic E-state index is 14.7. The van der Waals surface area contributed by atoms with Crippen LogP contribution in [-0.4, -0.2) is 59.7 Å². The number of hydrogen-bond acceptors (Lipinski definition) is 5. The smallest absolute Gasteiger partial charge is 0.193 e. The number of hydrogen-bond donors (Lipinski definition) is 0. The van der Waals surface area contributed by atoms with Gasteiger partial charge in [0.05, 0.1) is 9.75 Å². The lowest BCUT2D eigenvalue weighted by Crippen LogP contribution is -2.69. The maximum Gasteiger partial charge on any atom is 0.460 e. The first-order chi connectivity index (χ1) is 28.1. The quantitative estimate of drug-likeness (QED) is 0.0973. The molecule has 0 bridgehead atoms. The average molecular weight is 1050 g/mol. The number of halogens is 26. The summed E-state index contributed by atoms with van der Waals surface area (Å²) in [5.74, 6) is -76.0. The molecule has 0 spiro atoms. The molecule has 0 aliphatic carbocycles. The first kappa shape index (κ1) is 50.7. The number of rotatable bonds is 14. The highest BCUT2D eigenvalue weighted by molar-refractivity contribution is 7.29. The van der Waals surface area contributed by atoms with Crippen LogP contribution < -0.4 is 0 Å². The Morgan fingerprint density at radius 1 is 0.206 bits per heavy atom. The first-order valence-electron chi connectivity index (χ1n) is 15.5. The van der Waals surface area contributed by atoms with Gasteiger partial charge in [0.25, 0.3) is 0 Å². The minimum Gasteiger partial charge on any atom is -0.193 e. The third-order valence-electron chi connectivity index (χ3n) is 8.49. The first-order valence-corrected chi connectivity index (χ1v) is 19.6. The molecule has 31 heteroatoms. The van der Waals surface area contributed by atoms with E-state index in [1.54, 1.807) is 0 Å². The van der Waals surface area contributed by atoms with Crippen molar-refractivity contribution in [2.24, 2.45) is 0 Å². The van der Waals surface area contributed by atoms with Crippen LogP contribution in [0.4, 0.5) is 114 Å². The zero-order valence-corrected chi connectivity index (χ0v) is 32.7. The lowest BCUT2D eigenvalue weighted by molar-refractivity contribution is -0.441. The minimum atomic E-state index is -8.09. The van der Waals surface area contributed by atoms with Gasteiger partial charge in [0.15, 0.2) is 0 Å². The molecule has 0 atom stereocenters. The topological polar surface area (TPSA) is 0 Å². The van der Waals surface area contributed by atoms with Gasteiger partial charge in [0.1, 0.15) is 0 Å². The molecule has 5 rings (SSSR count). The highest BCUT2D eigenvalue weighted by Crippen LogP contribution is 2.65. The van der Waals surface area contributed by atoms with E-state index >= 15 is 0 Å². The van der Waals surface area contributed by atoms with E-state index in [4.69, 9.17) is 0 Å². The Bertz CT molecular complexity index is 2270. The van der Waals surface area contributed by atoms with Gasteiger partial charge in [-0.1, -0.05) is 0 Å². The highest BCUT2D eigenvalue weighted by atomic mass is 32.1. The molecule has 0 aliphatic rings. The SMILES string of the molecule is FC(F)(F)C(F)(F)C(F)(F)C(F)(F)C(F)(F)C(F)(F)c1ccc(-c2ccc(-c3ccc(-c4ccc(-c5ccc(C(F)(F)C(F)(F)C(F)(F)C(F)(F)C(F)(F)C(F)(F)F)s5)s4)s3)s2)s1. The van der Waals surface area contributed by atoms with Gasteiger partial charge in [-0.25, -0.2) is 0 Å². The largest absolute Gasteiger partial charge is 0.460 e. The maximum absolute atomic E-state index is 14.7. The van der Waals surface area contributed by atoms with Gasteiger partial charge in [-0.3, -0.25) is 0 Å². The average Bonchev–Trinajstić information content (AvgIpc) is 3.98. The molecule has 0 amide bonds. The van der Waals surface area contributed by atoms with Crippen molar-refractivity contribution in [2.75, 3.05) is 0 Å². The Morgan fingerprint density at radius 2 is 0.381 bits per heavy atom. The zero-order chi connectivity index (χ0) is 48.4. The Morgan fingerprint density at radius 3 is 0.587 bits per heavy atom. The van der Waals surface area contributed by atoms with E-state index in [1.807, 2.05) is 0 Å². The summed E-state index contributed by atoms with van der Waals surface area (Å²) in [6.07, 6.45) is -15.2. The molecule has 0 N–H and O–H groups in total. The third kappa shape index (κ3) is 7.39. The van der Waals surface area contributed by atoms with Crippen molar-refractivity contribution >= 4 is 56.7 Å². The van der Waals surface area contributed by atoms with Crippen LogP contribution in [-0.2, 0) is 11.8 Å². The van der Waals surface area contributed by atoms with Crippen molar-refractivity contribution in [1.82, 2.24) is 0 Å². The van der Waals surface area contributed by atoms with E-state index < -0.39 is 114 Å². The molecule has 0 saturated heterocycles. The molecule has 5 aromatic rings. The Labute approximate surface area is 351 Å². The second-order valence-corrected chi connectivity index (χ2v) is 18.0. The summed E-state index contributed by atoms with van der Waals surface area (Å²) in [5.41, 5.74) is 0. The molecule has 0 saturated carbocycles. The molecule has 0 unspecified atom stereocenters. The van der Waals surface area contributed by atoms with Crippen LogP contribution in [0.3, 0.4) is 0 Å². The van der Waals surface area contributed by atoms with Gasteiger partial charge < -0.3 is 0 Å². The summed E-state index contributed by atoms with van der Waals surface area (Å²) in [6, 6.07) is 8.71. The molecule has 0 fully saturated rings. The molecule has 0 aliphatic heterocycles. The van der Waals surface area contributed by atoms with E-state index in [2.05, 4.69) is 0 Å². The predicted molar refractivity (Wildman–Crippen MR) is 177 cm³/mol. The van der Waals surface area contributed by atoms with E-state index in [0.29, 0.717) is 44.6 Å². The fourth-order valence-corrected chi connectivity index (χ4v) is 10.3. The fourth-order valence-electron chi connectivity index (χ4n) is 4.93. The Balaban J connectivity index is 1.35. The van der Waals surface area contributed by atoms with Crippen molar-refractivity contribution in [3.8, 4) is 39.0 Å². The molecule has 0 nitrogen and oxygen atoms in total. The molecule has 350 valence electrons. The number of thiophene rings is 5. The minimum absolute atomic E-state index is 0.00210. The van der Waals surface area contributed by atoms with Crippen LogP contribution in [0.2, 0.25) is 0 Å². The van der Waals surface area contributed by atoms with E-state index in [1.165, 1.54) is 24.3 Å². The normalized spacial score (nSPS) is 15.1. The summed E-state index contributed by atoms with van der Waals surface area (Å²) in [5, 5.41) is 0. The second kappa shape index (κ2) is 15.1. The standard InChI is InChI=1S/C32H10F26S5/c33-21(34,23(37,38)25(41,42)27(45,46)29(49,50)31(53,54)55)19-9-7-17(62-19)15-5-3-13(60-15)11-1-2-12(59-11)14-4-6-16(61-14)18-8-10-20(63-18)22(35,36)24(39,40)26(43,44)28(47,48)30(51,52)32(56,57)58/h1-10H. The van der Waals surface area contributed by atoms with Crippen molar-refractivity contribution in [1.29, 1.82) is 0 Å². The van der Waals surface area contributed by atoms with Crippen LogP contribution in [0.15, 0.2) is 60.7 Å². The zero-order valence-electron chi connectivity index (χ0n) is 28.6. The number of alkyl halides is 26. The summed E-state index contributed by atoms with van der Waals surface area (Å²) in [7, 11) is 0. The van der Waals surface area contributed by atoms with Gasteiger partial charge in [0.2, 0.25) is 0 Å². The summed E-state index contributed by atoms with van der Waals surface area (Å²) in [6.45, 7) is 0. The molecule has 0 radical (unpaired) electrons. The van der Waals surface area contributed by atoms with Crippen molar-refractivity contribution < 1.29 is 114 Å².